The molecule has 0 radical (unpaired) electrons. The Morgan fingerprint density at radius 1 is 1.37 bits per heavy atom. The standard InChI is InChI=1S/C13H11BrN2O3/c14-8-6-9(7-8)19-12-4-3-11(16(17)18)13-10(12)2-1-5-15-13/h1-5,8-9H,6-7H2. The lowest BCUT2D eigenvalue weighted by Crippen LogP contribution is -2.34. The molecule has 1 aromatic carbocycles. The van der Waals surface area contributed by atoms with Gasteiger partial charge in [-0.3, -0.25) is 10.1 Å². The Hall–Kier alpha value is -1.69. The van der Waals surface area contributed by atoms with Crippen LogP contribution in [0.25, 0.3) is 10.9 Å². The van der Waals surface area contributed by atoms with Crippen LogP contribution in [0.5, 0.6) is 5.75 Å². The first-order chi connectivity index (χ1) is 9.15. The summed E-state index contributed by atoms with van der Waals surface area (Å²) in [6.07, 6.45) is 3.64. The zero-order valence-corrected chi connectivity index (χ0v) is 11.5. The number of ether oxygens (including phenoxy) is 1. The van der Waals surface area contributed by atoms with Crippen LogP contribution >= 0.6 is 15.9 Å². The number of halogens is 1. The van der Waals surface area contributed by atoms with Gasteiger partial charge in [0.05, 0.1) is 4.92 Å². The maximum Gasteiger partial charge on any atom is 0.295 e. The molecule has 6 heteroatoms. The van der Waals surface area contributed by atoms with Gasteiger partial charge in [-0.2, -0.15) is 0 Å². The lowest BCUT2D eigenvalue weighted by molar-refractivity contribution is -0.383. The Bertz CT molecular complexity index is 641. The molecule has 1 saturated carbocycles. The van der Waals surface area contributed by atoms with E-state index in [1.807, 2.05) is 0 Å². The fourth-order valence-corrected chi connectivity index (χ4v) is 2.99. The SMILES string of the molecule is O=[N+]([O-])c1ccc(OC2CC(Br)C2)c2cccnc12. The molecular formula is C13H11BrN2O3. The van der Waals surface area contributed by atoms with Gasteiger partial charge in [-0.25, -0.2) is 4.98 Å². The molecule has 1 heterocycles. The molecule has 1 aromatic heterocycles. The highest BCUT2D eigenvalue weighted by molar-refractivity contribution is 9.09. The Morgan fingerprint density at radius 3 is 2.84 bits per heavy atom. The number of hydrogen-bond donors (Lipinski definition) is 0. The maximum atomic E-state index is 11.0. The summed E-state index contributed by atoms with van der Waals surface area (Å²) >= 11 is 3.51. The molecule has 0 amide bonds. The van der Waals surface area contributed by atoms with Gasteiger partial charge in [0.15, 0.2) is 5.52 Å². The van der Waals surface area contributed by atoms with Crippen LogP contribution in [0.2, 0.25) is 0 Å². The van der Waals surface area contributed by atoms with E-state index in [1.54, 1.807) is 24.4 Å². The highest BCUT2D eigenvalue weighted by atomic mass is 79.9. The van der Waals surface area contributed by atoms with Crippen molar-refractivity contribution in [2.24, 2.45) is 0 Å². The predicted octanol–water partition coefficient (Wildman–Crippen LogP) is 3.45. The number of benzene rings is 1. The Labute approximate surface area is 117 Å². The van der Waals surface area contributed by atoms with E-state index in [1.165, 1.54) is 6.07 Å². The first-order valence-corrected chi connectivity index (χ1v) is 6.89. The number of rotatable bonds is 3. The van der Waals surface area contributed by atoms with Gasteiger partial charge in [0, 0.05) is 22.5 Å². The molecule has 0 N–H and O–H groups in total. The van der Waals surface area contributed by atoms with Crippen molar-refractivity contribution in [1.82, 2.24) is 4.98 Å². The normalized spacial score (nSPS) is 21.9. The Kier molecular flexibility index (Phi) is 3.10. The van der Waals surface area contributed by atoms with E-state index in [9.17, 15) is 10.1 Å². The molecule has 0 atom stereocenters. The fourth-order valence-electron chi connectivity index (χ4n) is 2.16. The third kappa shape index (κ3) is 2.28. The van der Waals surface area contributed by atoms with E-state index in [4.69, 9.17) is 4.74 Å². The summed E-state index contributed by atoms with van der Waals surface area (Å²) in [6, 6.07) is 6.67. The topological polar surface area (TPSA) is 65.3 Å². The molecule has 0 saturated heterocycles. The van der Waals surface area contributed by atoms with Crippen LogP contribution in [0.15, 0.2) is 30.5 Å². The van der Waals surface area contributed by atoms with E-state index in [2.05, 4.69) is 20.9 Å². The van der Waals surface area contributed by atoms with Crippen LogP contribution in [0, 0.1) is 10.1 Å². The van der Waals surface area contributed by atoms with Gasteiger partial charge in [-0.15, -0.1) is 0 Å². The number of fused-ring (bicyclic) bond motifs is 1. The molecule has 1 aliphatic carbocycles. The number of alkyl halides is 1. The molecule has 1 fully saturated rings. The first-order valence-electron chi connectivity index (χ1n) is 5.98. The first kappa shape index (κ1) is 12.3. The van der Waals surface area contributed by atoms with Crippen molar-refractivity contribution in [2.75, 3.05) is 0 Å². The number of nitro groups is 1. The number of hydrogen-bond acceptors (Lipinski definition) is 4. The highest BCUT2D eigenvalue weighted by Gasteiger charge is 2.29. The summed E-state index contributed by atoms with van der Waals surface area (Å²) in [5.41, 5.74) is 0.384. The van der Waals surface area contributed by atoms with Crippen LogP contribution < -0.4 is 4.74 Å². The lowest BCUT2D eigenvalue weighted by Gasteiger charge is -2.31. The van der Waals surface area contributed by atoms with E-state index < -0.39 is 4.92 Å². The zero-order chi connectivity index (χ0) is 13.4. The van der Waals surface area contributed by atoms with Gasteiger partial charge in [-0.05, 0) is 31.0 Å². The maximum absolute atomic E-state index is 11.0. The number of nitrogens with zero attached hydrogens (tertiary/aromatic N) is 2. The quantitative estimate of drug-likeness (QED) is 0.493. The summed E-state index contributed by atoms with van der Waals surface area (Å²) in [5, 5.41) is 11.7. The third-order valence-electron chi connectivity index (χ3n) is 3.24. The number of nitro benzene ring substituents is 1. The van der Waals surface area contributed by atoms with Crippen molar-refractivity contribution in [3.63, 3.8) is 0 Å². The van der Waals surface area contributed by atoms with E-state index in [0.717, 1.165) is 12.8 Å². The molecule has 3 rings (SSSR count). The molecule has 0 spiro atoms. The molecule has 0 aliphatic heterocycles. The van der Waals surface area contributed by atoms with E-state index in [-0.39, 0.29) is 11.8 Å². The minimum absolute atomic E-state index is 0.00919. The van der Waals surface area contributed by atoms with Gasteiger partial charge >= 0.3 is 0 Å². The van der Waals surface area contributed by atoms with Crippen LogP contribution in [0.1, 0.15) is 12.8 Å². The average Bonchev–Trinajstić information content (AvgIpc) is 2.36. The third-order valence-corrected chi connectivity index (χ3v) is 3.98. The van der Waals surface area contributed by atoms with Crippen LogP contribution in [-0.2, 0) is 0 Å². The molecule has 19 heavy (non-hydrogen) atoms. The minimum Gasteiger partial charge on any atom is -0.490 e. The van der Waals surface area contributed by atoms with Gasteiger partial charge in [0.25, 0.3) is 5.69 Å². The van der Waals surface area contributed by atoms with Gasteiger partial charge in [-0.1, -0.05) is 15.9 Å². The highest BCUT2D eigenvalue weighted by Crippen LogP contribution is 2.36. The fraction of sp³-hybridized carbons (Fsp3) is 0.308. The smallest absolute Gasteiger partial charge is 0.295 e. The van der Waals surface area contributed by atoms with Crippen molar-refractivity contribution in [2.45, 2.75) is 23.8 Å². The van der Waals surface area contributed by atoms with Crippen LogP contribution in [0.4, 0.5) is 5.69 Å². The van der Waals surface area contributed by atoms with Gasteiger partial charge < -0.3 is 4.74 Å². The number of aromatic nitrogens is 1. The summed E-state index contributed by atoms with van der Waals surface area (Å²) in [4.78, 5) is 15.2. The monoisotopic (exact) mass is 322 g/mol. The largest absolute Gasteiger partial charge is 0.490 e. The molecule has 0 unspecified atom stereocenters. The van der Waals surface area contributed by atoms with Crippen molar-refractivity contribution in [3.05, 3.63) is 40.6 Å². The number of pyridine rings is 1. The number of non-ortho nitro benzene ring substituents is 1. The van der Waals surface area contributed by atoms with Gasteiger partial charge in [0.1, 0.15) is 11.9 Å². The molecule has 1 aliphatic rings. The lowest BCUT2D eigenvalue weighted by atomic mass is 9.96. The molecule has 5 nitrogen and oxygen atoms in total. The Balaban J connectivity index is 2.01. The van der Waals surface area contributed by atoms with Crippen molar-refractivity contribution in [3.8, 4) is 5.75 Å². The van der Waals surface area contributed by atoms with Crippen LogP contribution in [-0.4, -0.2) is 20.8 Å². The predicted molar refractivity (Wildman–Crippen MR) is 74.8 cm³/mol. The average molecular weight is 323 g/mol. The molecule has 2 aromatic rings. The second-order valence-electron chi connectivity index (χ2n) is 4.55. The zero-order valence-electron chi connectivity index (χ0n) is 9.95. The summed E-state index contributed by atoms with van der Waals surface area (Å²) < 4.78 is 5.88. The second-order valence-corrected chi connectivity index (χ2v) is 5.84. The molecule has 0 bridgehead atoms. The summed E-state index contributed by atoms with van der Waals surface area (Å²) in [5.74, 6) is 0.665. The molecule has 98 valence electrons. The molecular weight excluding hydrogens is 312 g/mol. The van der Waals surface area contributed by atoms with E-state index >= 15 is 0 Å². The van der Waals surface area contributed by atoms with Crippen LogP contribution in [0.3, 0.4) is 0 Å². The summed E-state index contributed by atoms with van der Waals surface area (Å²) in [7, 11) is 0. The summed E-state index contributed by atoms with van der Waals surface area (Å²) in [6.45, 7) is 0. The van der Waals surface area contributed by atoms with Crippen molar-refractivity contribution in [1.29, 1.82) is 0 Å². The minimum atomic E-state index is -0.420. The van der Waals surface area contributed by atoms with Crippen molar-refractivity contribution >= 4 is 32.5 Å². The van der Waals surface area contributed by atoms with E-state index in [0.29, 0.717) is 21.5 Å². The van der Waals surface area contributed by atoms with Gasteiger partial charge in [0.2, 0.25) is 0 Å². The second kappa shape index (κ2) is 4.77. The Morgan fingerprint density at radius 2 is 2.16 bits per heavy atom. The van der Waals surface area contributed by atoms with Crippen molar-refractivity contribution < 1.29 is 9.66 Å².